The third-order valence-electron chi connectivity index (χ3n) is 3.76. The van der Waals surface area contributed by atoms with Crippen LogP contribution >= 0.6 is 0 Å². The Kier molecular flexibility index (Phi) is 6.88. The summed E-state index contributed by atoms with van der Waals surface area (Å²) in [4.78, 5) is 23.2. The topological polar surface area (TPSA) is 94.1 Å². The van der Waals surface area contributed by atoms with E-state index in [1.807, 2.05) is 0 Å². The zero-order valence-corrected chi connectivity index (χ0v) is 14.8. The van der Waals surface area contributed by atoms with Crippen molar-refractivity contribution < 1.29 is 28.9 Å². The molecule has 1 amide bonds. The number of carbonyl (C=O) groups excluding carboxylic acids is 1. The van der Waals surface area contributed by atoms with Crippen LogP contribution in [-0.4, -0.2) is 38.3 Å². The van der Waals surface area contributed by atoms with Crippen molar-refractivity contribution in [3.63, 3.8) is 0 Å². The number of methoxy groups -OCH3 is 3. The molecule has 0 spiro atoms. The monoisotopic (exact) mass is 339 g/mol. The van der Waals surface area contributed by atoms with Gasteiger partial charge < -0.3 is 24.6 Å². The lowest BCUT2D eigenvalue weighted by molar-refractivity contribution is -0.137. The summed E-state index contributed by atoms with van der Waals surface area (Å²) < 4.78 is 15.8. The van der Waals surface area contributed by atoms with Gasteiger partial charge >= 0.3 is 5.97 Å². The minimum atomic E-state index is -0.871. The first kappa shape index (κ1) is 19.6. The molecule has 0 bridgehead atoms. The number of carboxylic acid groups (broad SMARTS) is 1. The molecule has 0 unspecified atom stereocenters. The summed E-state index contributed by atoms with van der Waals surface area (Å²) in [7, 11) is 4.50. The third-order valence-corrected chi connectivity index (χ3v) is 3.76. The second-order valence-electron chi connectivity index (χ2n) is 5.99. The van der Waals surface area contributed by atoms with Crippen LogP contribution in [0.5, 0.6) is 17.2 Å². The van der Waals surface area contributed by atoms with Crippen LogP contribution in [0.2, 0.25) is 0 Å². The van der Waals surface area contributed by atoms with Gasteiger partial charge in [0.2, 0.25) is 5.91 Å². The summed E-state index contributed by atoms with van der Waals surface area (Å²) >= 11 is 0. The SMILES string of the molecule is COc1cc(OC)c(NC(=O)C(C)(C)CCCC(=O)O)c(OC)c1. The molecule has 0 atom stereocenters. The zero-order valence-electron chi connectivity index (χ0n) is 14.8. The average Bonchev–Trinajstić information content (AvgIpc) is 2.54. The van der Waals surface area contributed by atoms with Gasteiger partial charge in [0.15, 0.2) is 0 Å². The number of rotatable bonds is 9. The van der Waals surface area contributed by atoms with Gasteiger partial charge in [0.1, 0.15) is 22.9 Å². The highest BCUT2D eigenvalue weighted by Gasteiger charge is 2.29. The van der Waals surface area contributed by atoms with Gasteiger partial charge in [-0.2, -0.15) is 0 Å². The molecule has 0 heterocycles. The fourth-order valence-electron chi connectivity index (χ4n) is 2.21. The number of benzene rings is 1. The van der Waals surface area contributed by atoms with Gasteiger partial charge in [0, 0.05) is 24.0 Å². The van der Waals surface area contributed by atoms with Gasteiger partial charge in [-0.15, -0.1) is 0 Å². The molecule has 0 aromatic heterocycles. The number of hydrogen-bond donors (Lipinski definition) is 2. The second kappa shape index (κ2) is 8.42. The first-order chi connectivity index (χ1) is 11.2. The number of hydrogen-bond acceptors (Lipinski definition) is 5. The van der Waals surface area contributed by atoms with E-state index >= 15 is 0 Å². The molecule has 1 rings (SSSR count). The predicted octanol–water partition coefficient (Wildman–Crippen LogP) is 2.93. The van der Waals surface area contributed by atoms with Gasteiger partial charge in [-0.05, 0) is 12.8 Å². The van der Waals surface area contributed by atoms with Crippen LogP contribution in [0.15, 0.2) is 12.1 Å². The Bertz CT molecular complexity index is 572. The van der Waals surface area contributed by atoms with E-state index in [0.717, 1.165) is 0 Å². The maximum absolute atomic E-state index is 12.6. The predicted molar refractivity (Wildman–Crippen MR) is 90.0 cm³/mol. The number of ether oxygens (including phenoxy) is 3. The Balaban J connectivity index is 2.98. The molecule has 0 fully saturated rings. The quantitative estimate of drug-likeness (QED) is 0.718. The lowest BCUT2D eigenvalue weighted by Crippen LogP contribution is -2.31. The summed E-state index contributed by atoms with van der Waals surface area (Å²) in [6, 6.07) is 3.30. The van der Waals surface area contributed by atoms with Crippen LogP contribution < -0.4 is 19.5 Å². The van der Waals surface area contributed by atoms with Crippen LogP contribution in [-0.2, 0) is 9.59 Å². The van der Waals surface area contributed by atoms with E-state index in [-0.39, 0.29) is 12.3 Å². The maximum Gasteiger partial charge on any atom is 0.303 e. The van der Waals surface area contributed by atoms with Crippen molar-refractivity contribution in [1.82, 2.24) is 0 Å². The molecular formula is C17H25NO6. The molecule has 24 heavy (non-hydrogen) atoms. The Morgan fingerprint density at radius 2 is 1.62 bits per heavy atom. The smallest absolute Gasteiger partial charge is 0.303 e. The summed E-state index contributed by atoms with van der Waals surface area (Å²) in [6.45, 7) is 3.54. The summed E-state index contributed by atoms with van der Waals surface area (Å²) in [6.07, 6.45) is 0.907. The molecule has 0 radical (unpaired) electrons. The number of carboxylic acids is 1. The molecular weight excluding hydrogens is 314 g/mol. The summed E-state index contributed by atoms with van der Waals surface area (Å²) in [5, 5.41) is 11.5. The minimum absolute atomic E-state index is 0.0336. The highest BCUT2D eigenvalue weighted by atomic mass is 16.5. The molecule has 0 aliphatic rings. The van der Waals surface area contributed by atoms with Gasteiger partial charge in [0.25, 0.3) is 0 Å². The van der Waals surface area contributed by atoms with Crippen molar-refractivity contribution in [2.45, 2.75) is 33.1 Å². The number of amides is 1. The highest BCUT2D eigenvalue weighted by Crippen LogP contribution is 2.40. The van der Waals surface area contributed by atoms with E-state index in [1.165, 1.54) is 21.3 Å². The number of aliphatic carboxylic acids is 1. The standard InChI is InChI=1S/C17H25NO6/c1-17(2,8-6-7-14(19)20)16(21)18-15-12(23-4)9-11(22-3)10-13(15)24-5/h9-10H,6-8H2,1-5H3,(H,18,21)(H,19,20). The van der Waals surface area contributed by atoms with Crippen LogP contribution in [0.3, 0.4) is 0 Å². The minimum Gasteiger partial charge on any atom is -0.496 e. The molecule has 2 N–H and O–H groups in total. The van der Waals surface area contributed by atoms with Gasteiger partial charge in [0.05, 0.1) is 21.3 Å². The summed E-state index contributed by atoms with van der Waals surface area (Å²) in [5.41, 5.74) is -0.317. The zero-order chi connectivity index (χ0) is 18.3. The second-order valence-corrected chi connectivity index (χ2v) is 5.99. The molecule has 1 aromatic carbocycles. The summed E-state index contributed by atoms with van der Waals surface area (Å²) in [5.74, 6) is 0.267. The number of nitrogens with one attached hydrogen (secondary N) is 1. The van der Waals surface area contributed by atoms with E-state index < -0.39 is 11.4 Å². The molecule has 0 aliphatic heterocycles. The van der Waals surface area contributed by atoms with Crippen molar-refractivity contribution in [2.75, 3.05) is 26.6 Å². The van der Waals surface area contributed by atoms with E-state index in [9.17, 15) is 9.59 Å². The first-order valence-corrected chi connectivity index (χ1v) is 7.58. The molecule has 0 saturated heterocycles. The van der Waals surface area contributed by atoms with Gasteiger partial charge in [-0.3, -0.25) is 9.59 Å². The Morgan fingerprint density at radius 1 is 1.08 bits per heavy atom. The average molecular weight is 339 g/mol. The van der Waals surface area contributed by atoms with Crippen LogP contribution in [0, 0.1) is 5.41 Å². The van der Waals surface area contributed by atoms with E-state index in [2.05, 4.69) is 5.32 Å². The fourth-order valence-corrected chi connectivity index (χ4v) is 2.21. The Hall–Kier alpha value is -2.44. The van der Waals surface area contributed by atoms with Crippen molar-refractivity contribution >= 4 is 17.6 Å². The molecule has 7 nitrogen and oxygen atoms in total. The molecule has 0 aliphatic carbocycles. The molecule has 134 valence electrons. The van der Waals surface area contributed by atoms with E-state index in [1.54, 1.807) is 26.0 Å². The Labute approximate surface area is 141 Å². The largest absolute Gasteiger partial charge is 0.496 e. The van der Waals surface area contributed by atoms with Crippen molar-refractivity contribution in [3.8, 4) is 17.2 Å². The van der Waals surface area contributed by atoms with Crippen LogP contribution in [0.25, 0.3) is 0 Å². The van der Waals surface area contributed by atoms with Crippen molar-refractivity contribution in [2.24, 2.45) is 5.41 Å². The van der Waals surface area contributed by atoms with Crippen molar-refractivity contribution in [1.29, 1.82) is 0 Å². The first-order valence-electron chi connectivity index (χ1n) is 7.58. The number of carbonyl (C=O) groups is 2. The van der Waals surface area contributed by atoms with E-state index in [0.29, 0.717) is 35.8 Å². The van der Waals surface area contributed by atoms with Gasteiger partial charge in [-0.25, -0.2) is 0 Å². The van der Waals surface area contributed by atoms with Crippen LogP contribution in [0.4, 0.5) is 5.69 Å². The molecule has 0 saturated carbocycles. The Morgan fingerprint density at radius 3 is 2.04 bits per heavy atom. The molecule has 7 heteroatoms. The number of anilines is 1. The fraction of sp³-hybridized carbons (Fsp3) is 0.529. The van der Waals surface area contributed by atoms with Crippen LogP contribution in [0.1, 0.15) is 33.1 Å². The lowest BCUT2D eigenvalue weighted by atomic mass is 9.86. The van der Waals surface area contributed by atoms with E-state index in [4.69, 9.17) is 19.3 Å². The third kappa shape index (κ3) is 5.04. The molecule has 1 aromatic rings. The highest BCUT2D eigenvalue weighted by molar-refractivity contribution is 5.97. The normalized spacial score (nSPS) is 10.9. The van der Waals surface area contributed by atoms with Gasteiger partial charge in [-0.1, -0.05) is 13.8 Å². The lowest BCUT2D eigenvalue weighted by Gasteiger charge is -2.25. The maximum atomic E-state index is 12.6. The van der Waals surface area contributed by atoms with Crippen molar-refractivity contribution in [3.05, 3.63) is 12.1 Å².